The normalized spacial score (nSPS) is 22.2. The van der Waals surface area contributed by atoms with E-state index in [0.29, 0.717) is 35.9 Å². The number of hydrogen-bond acceptors (Lipinski definition) is 4. The number of anilines is 1. The van der Waals surface area contributed by atoms with Crippen LogP contribution in [0.5, 0.6) is 0 Å². The van der Waals surface area contributed by atoms with Gasteiger partial charge in [-0.25, -0.2) is 4.98 Å². The highest BCUT2D eigenvalue weighted by Gasteiger charge is 2.29. The van der Waals surface area contributed by atoms with Crippen molar-refractivity contribution in [2.75, 3.05) is 19.4 Å². The van der Waals surface area contributed by atoms with Crippen molar-refractivity contribution in [2.24, 2.45) is 5.92 Å². The highest BCUT2D eigenvalue weighted by molar-refractivity contribution is 6.00. The second-order valence-corrected chi connectivity index (χ2v) is 9.83. The first-order valence-corrected chi connectivity index (χ1v) is 10.8. The van der Waals surface area contributed by atoms with Gasteiger partial charge in [0.05, 0.1) is 11.6 Å². The minimum atomic E-state index is -0.148. The molecule has 2 aromatic rings. The molecule has 2 atom stereocenters. The van der Waals surface area contributed by atoms with E-state index in [4.69, 9.17) is 15.5 Å². The molecule has 0 saturated heterocycles. The van der Waals surface area contributed by atoms with Crippen LogP contribution < -0.4 is 11.1 Å². The molecular formula is C24H33N3O2. The molecule has 3 N–H and O–H groups in total. The molecule has 2 aliphatic rings. The number of nitrogens with zero attached hydrogens (tertiary/aromatic N) is 1. The first-order chi connectivity index (χ1) is 13.8. The molecule has 0 bridgehead atoms. The summed E-state index contributed by atoms with van der Waals surface area (Å²) in [6.07, 6.45) is 5.96. The molecule has 2 fully saturated rings. The molecule has 1 heterocycles. The van der Waals surface area contributed by atoms with Crippen LogP contribution in [-0.2, 0) is 10.2 Å². The molecule has 29 heavy (non-hydrogen) atoms. The zero-order valence-electron chi connectivity index (χ0n) is 18.0. The zero-order chi connectivity index (χ0) is 20.8. The molecule has 0 aliphatic heterocycles. The number of aromatic nitrogens is 1. The summed E-state index contributed by atoms with van der Waals surface area (Å²) >= 11 is 0. The van der Waals surface area contributed by atoms with Gasteiger partial charge in [0.15, 0.2) is 0 Å². The number of nitrogen functional groups attached to an aromatic ring is 1. The molecule has 1 amide bonds. The fourth-order valence-electron chi connectivity index (χ4n) is 4.47. The van der Waals surface area contributed by atoms with Crippen molar-refractivity contribution < 1.29 is 9.53 Å². The molecule has 2 saturated carbocycles. The lowest BCUT2D eigenvalue weighted by molar-refractivity contribution is 0.0929. The van der Waals surface area contributed by atoms with Gasteiger partial charge in [0.25, 0.3) is 5.91 Å². The zero-order valence-corrected chi connectivity index (χ0v) is 18.0. The van der Waals surface area contributed by atoms with Gasteiger partial charge < -0.3 is 15.8 Å². The van der Waals surface area contributed by atoms with Crippen molar-refractivity contribution >= 4 is 22.5 Å². The Morgan fingerprint density at radius 2 is 1.97 bits per heavy atom. The number of nitrogens with two attached hydrogens (primary N) is 1. The van der Waals surface area contributed by atoms with Crippen LogP contribution in [0.25, 0.3) is 10.9 Å². The van der Waals surface area contributed by atoms with E-state index in [1.807, 2.05) is 0 Å². The van der Waals surface area contributed by atoms with Gasteiger partial charge in [-0.3, -0.25) is 4.79 Å². The molecule has 156 valence electrons. The average molecular weight is 396 g/mol. The van der Waals surface area contributed by atoms with Crippen LogP contribution in [0.3, 0.4) is 0 Å². The number of nitrogens with one attached hydrogen (secondary N) is 1. The molecule has 1 aromatic heterocycles. The van der Waals surface area contributed by atoms with Crippen molar-refractivity contribution in [1.82, 2.24) is 10.3 Å². The Labute approximate surface area is 173 Å². The van der Waals surface area contributed by atoms with Crippen LogP contribution in [0, 0.1) is 5.92 Å². The molecule has 4 rings (SSSR count). The molecule has 5 heteroatoms. The van der Waals surface area contributed by atoms with Gasteiger partial charge in [-0.05, 0) is 72.6 Å². The standard InChI is InChI=1S/C24H33N3O2/c1-24(2,3)19-11-16(15-6-7-15)10-18-20(25)12-21(27-22(18)19)23(28)26-13-14-5-8-17(9-14)29-4/h10-12,14-15,17H,5-9,13H2,1-4H3,(H2,25,27)(H,26,28)/t14-,17-/m1/s1. The average Bonchev–Trinajstić information content (AvgIpc) is 3.42. The van der Waals surface area contributed by atoms with E-state index >= 15 is 0 Å². The SMILES string of the molecule is CO[C@@H]1CC[C@@H](CNC(=O)c2cc(N)c3cc(C4CC4)cc(C(C)(C)C)c3n2)C1. The number of rotatable bonds is 5. The summed E-state index contributed by atoms with van der Waals surface area (Å²) in [5, 5.41) is 4.03. The summed E-state index contributed by atoms with van der Waals surface area (Å²) in [6.45, 7) is 7.23. The van der Waals surface area contributed by atoms with E-state index in [-0.39, 0.29) is 11.3 Å². The van der Waals surface area contributed by atoms with Gasteiger partial charge in [0.2, 0.25) is 0 Å². The Hall–Kier alpha value is -2.14. The molecule has 0 unspecified atom stereocenters. The Morgan fingerprint density at radius 1 is 1.21 bits per heavy atom. The highest BCUT2D eigenvalue weighted by atomic mass is 16.5. The van der Waals surface area contributed by atoms with Gasteiger partial charge in [-0.1, -0.05) is 26.8 Å². The van der Waals surface area contributed by atoms with Gasteiger partial charge in [-0.15, -0.1) is 0 Å². The van der Waals surface area contributed by atoms with Gasteiger partial charge in [0.1, 0.15) is 5.69 Å². The second kappa shape index (κ2) is 7.60. The van der Waals surface area contributed by atoms with Crippen LogP contribution in [0.2, 0.25) is 0 Å². The molecule has 0 radical (unpaired) electrons. The first-order valence-electron chi connectivity index (χ1n) is 10.8. The number of fused-ring (bicyclic) bond motifs is 1. The highest BCUT2D eigenvalue weighted by Crippen LogP contribution is 2.44. The van der Waals surface area contributed by atoms with Crippen LogP contribution in [-0.4, -0.2) is 30.6 Å². The summed E-state index contributed by atoms with van der Waals surface area (Å²) in [5.41, 5.74) is 10.7. The third-order valence-corrected chi connectivity index (χ3v) is 6.43. The molecule has 0 spiro atoms. The number of ether oxygens (including phenoxy) is 1. The summed E-state index contributed by atoms with van der Waals surface area (Å²) < 4.78 is 5.43. The third kappa shape index (κ3) is 4.25. The number of methoxy groups -OCH3 is 1. The summed E-state index contributed by atoms with van der Waals surface area (Å²) in [7, 11) is 1.76. The van der Waals surface area contributed by atoms with Crippen molar-refractivity contribution in [1.29, 1.82) is 0 Å². The maximum absolute atomic E-state index is 12.8. The van der Waals surface area contributed by atoms with Crippen molar-refractivity contribution in [3.63, 3.8) is 0 Å². The van der Waals surface area contributed by atoms with Gasteiger partial charge in [-0.2, -0.15) is 0 Å². The van der Waals surface area contributed by atoms with E-state index in [1.165, 1.54) is 18.4 Å². The number of carbonyl (C=O) groups is 1. The largest absolute Gasteiger partial charge is 0.398 e. The van der Waals surface area contributed by atoms with Crippen molar-refractivity contribution in [3.05, 3.63) is 35.0 Å². The Kier molecular flexibility index (Phi) is 5.28. The third-order valence-electron chi connectivity index (χ3n) is 6.43. The van der Waals surface area contributed by atoms with Gasteiger partial charge in [0, 0.05) is 24.7 Å². The van der Waals surface area contributed by atoms with Crippen molar-refractivity contribution in [2.45, 2.75) is 70.3 Å². The predicted octanol–water partition coefficient (Wildman–Crippen LogP) is 4.54. The lowest BCUT2D eigenvalue weighted by Gasteiger charge is -2.23. The second-order valence-electron chi connectivity index (χ2n) is 9.83. The van der Waals surface area contributed by atoms with Gasteiger partial charge >= 0.3 is 0 Å². The number of pyridine rings is 1. The Balaban J connectivity index is 1.62. The lowest BCUT2D eigenvalue weighted by Crippen LogP contribution is -2.29. The van der Waals surface area contributed by atoms with E-state index < -0.39 is 0 Å². The quantitative estimate of drug-likeness (QED) is 0.779. The first kappa shape index (κ1) is 20.1. The van der Waals surface area contributed by atoms with E-state index in [1.54, 1.807) is 13.2 Å². The number of carbonyl (C=O) groups excluding carboxylic acids is 1. The van der Waals surface area contributed by atoms with E-state index in [2.05, 4.69) is 38.2 Å². The lowest BCUT2D eigenvalue weighted by atomic mass is 9.83. The van der Waals surface area contributed by atoms with Crippen LogP contribution >= 0.6 is 0 Å². The maximum Gasteiger partial charge on any atom is 0.269 e. The number of hydrogen-bond donors (Lipinski definition) is 2. The van der Waals surface area contributed by atoms with Crippen LogP contribution in [0.15, 0.2) is 18.2 Å². The summed E-state index contributed by atoms with van der Waals surface area (Å²) in [5.74, 6) is 0.962. The monoisotopic (exact) mass is 395 g/mol. The van der Waals surface area contributed by atoms with Crippen LogP contribution in [0.1, 0.15) is 80.4 Å². The maximum atomic E-state index is 12.8. The number of benzene rings is 1. The topological polar surface area (TPSA) is 77.2 Å². The molecule has 1 aromatic carbocycles. The Morgan fingerprint density at radius 3 is 2.59 bits per heavy atom. The van der Waals surface area contributed by atoms with E-state index in [0.717, 1.165) is 35.7 Å². The molecular weight excluding hydrogens is 362 g/mol. The number of amides is 1. The summed E-state index contributed by atoms with van der Waals surface area (Å²) in [4.78, 5) is 17.6. The minimum Gasteiger partial charge on any atom is -0.398 e. The smallest absolute Gasteiger partial charge is 0.269 e. The minimum absolute atomic E-state index is 0.0727. The Bertz CT molecular complexity index is 928. The van der Waals surface area contributed by atoms with Crippen LogP contribution in [0.4, 0.5) is 5.69 Å². The van der Waals surface area contributed by atoms with Crippen molar-refractivity contribution in [3.8, 4) is 0 Å². The molecule has 2 aliphatic carbocycles. The molecule has 5 nitrogen and oxygen atoms in total. The fourth-order valence-corrected chi connectivity index (χ4v) is 4.47. The van der Waals surface area contributed by atoms with E-state index in [9.17, 15) is 4.79 Å². The summed E-state index contributed by atoms with van der Waals surface area (Å²) in [6, 6.07) is 6.18. The fraction of sp³-hybridized carbons (Fsp3) is 0.583. The predicted molar refractivity (Wildman–Crippen MR) is 117 cm³/mol.